The van der Waals surface area contributed by atoms with Gasteiger partial charge in [-0.15, -0.1) is 0 Å². The number of carbonyl (C=O) groups excluding carboxylic acids is 1. The van der Waals surface area contributed by atoms with Gasteiger partial charge in [0.2, 0.25) is 6.10 Å². The molecule has 0 unspecified atom stereocenters. The minimum absolute atomic E-state index is 0.0303. The van der Waals surface area contributed by atoms with Crippen LogP contribution in [0.3, 0.4) is 0 Å². The first-order valence-electron chi connectivity index (χ1n) is 8.54. The third-order valence-corrected chi connectivity index (χ3v) is 4.40. The zero-order chi connectivity index (χ0) is 20.4. The predicted molar refractivity (Wildman–Crippen MR) is 99.0 cm³/mol. The molecule has 2 heterocycles. The van der Waals surface area contributed by atoms with Gasteiger partial charge in [-0.25, -0.2) is 8.78 Å². The van der Waals surface area contributed by atoms with Crippen LogP contribution in [0.2, 0.25) is 5.02 Å². The summed E-state index contributed by atoms with van der Waals surface area (Å²) in [4.78, 5) is 21.5. The molecule has 3 aromatic rings. The Morgan fingerprint density at radius 2 is 2.10 bits per heavy atom. The second-order valence-electron chi connectivity index (χ2n) is 6.20. The van der Waals surface area contributed by atoms with Gasteiger partial charge in [-0.2, -0.15) is 4.98 Å². The highest BCUT2D eigenvalue weighted by Gasteiger charge is 2.29. The SMILES string of the molecule is O=C(NCc1noc(-c2ccc(Cl)cc2F)n1)[C@H]1CC(c2cccc(F)c2)=NO1. The maximum absolute atomic E-state index is 13.9. The third kappa shape index (κ3) is 4.24. The molecule has 1 atom stereocenters. The molecule has 29 heavy (non-hydrogen) atoms. The maximum atomic E-state index is 13.9. The van der Waals surface area contributed by atoms with E-state index in [9.17, 15) is 13.6 Å². The first-order valence-corrected chi connectivity index (χ1v) is 8.92. The van der Waals surface area contributed by atoms with E-state index in [1.807, 2.05) is 0 Å². The third-order valence-electron chi connectivity index (χ3n) is 4.17. The number of nitrogens with one attached hydrogen (secondary N) is 1. The molecule has 1 amide bonds. The largest absolute Gasteiger partial charge is 0.382 e. The van der Waals surface area contributed by atoms with Gasteiger partial charge < -0.3 is 14.7 Å². The lowest BCUT2D eigenvalue weighted by molar-refractivity contribution is -0.131. The molecular formula is C19H13ClF2N4O3. The molecule has 10 heteroatoms. The summed E-state index contributed by atoms with van der Waals surface area (Å²) >= 11 is 5.72. The van der Waals surface area contributed by atoms with Crippen molar-refractivity contribution in [1.82, 2.24) is 15.5 Å². The summed E-state index contributed by atoms with van der Waals surface area (Å²) in [6.45, 7) is -0.0489. The number of nitrogens with zero attached hydrogens (tertiary/aromatic N) is 3. The van der Waals surface area contributed by atoms with Crippen molar-refractivity contribution in [2.75, 3.05) is 0 Å². The molecule has 1 N–H and O–H groups in total. The molecule has 0 bridgehead atoms. The van der Waals surface area contributed by atoms with Gasteiger partial charge in [0.1, 0.15) is 11.6 Å². The molecular weight excluding hydrogens is 406 g/mol. The minimum atomic E-state index is -0.853. The lowest BCUT2D eigenvalue weighted by atomic mass is 10.0. The predicted octanol–water partition coefficient (Wildman–Crippen LogP) is 3.48. The number of halogens is 3. The highest BCUT2D eigenvalue weighted by Crippen LogP contribution is 2.24. The monoisotopic (exact) mass is 418 g/mol. The van der Waals surface area contributed by atoms with E-state index in [4.69, 9.17) is 21.0 Å². The summed E-state index contributed by atoms with van der Waals surface area (Å²) in [5.74, 6) is -1.31. The molecule has 0 spiro atoms. The second kappa shape index (κ2) is 7.96. The van der Waals surface area contributed by atoms with Gasteiger partial charge >= 0.3 is 0 Å². The van der Waals surface area contributed by atoms with Crippen molar-refractivity contribution in [2.24, 2.45) is 5.16 Å². The van der Waals surface area contributed by atoms with Crippen LogP contribution in [0, 0.1) is 11.6 Å². The Morgan fingerprint density at radius 1 is 1.24 bits per heavy atom. The van der Waals surface area contributed by atoms with Crippen LogP contribution in [0.15, 0.2) is 52.1 Å². The average molecular weight is 419 g/mol. The number of benzene rings is 2. The van der Waals surface area contributed by atoms with E-state index in [1.165, 1.54) is 24.3 Å². The molecule has 148 valence electrons. The Kier molecular flexibility index (Phi) is 5.22. The van der Waals surface area contributed by atoms with Crippen LogP contribution in [0.5, 0.6) is 0 Å². The van der Waals surface area contributed by atoms with E-state index in [0.29, 0.717) is 11.3 Å². The Morgan fingerprint density at radius 3 is 2.90 bits per heavy atom. The fraction of sp³-hybridized carbons (Fsp3) is 0.158. The molecule has 1 aliphatic rings. The van der Waals surface area contributed by atoms with Gasteiger partial charge in [0.15, 0.2) is 5.82 Å². The Hall–Kier alpha value is -3.33. The zero-order valence-corrected chi connectivity index (χ0v) is 15.5. The van der Waals surface area contributed by atoms with E-state index in [1.54, 1.807) is 12.1 Å². The summed E-state index contributed by atoms with van der Waals surface area (Å²) in [5.41, 5.74) is 1.13. The molecule has 1 aromatic heterocycles. The van der Waals surface area contributed by atoms with Gasteiger partial charge in [-0.1, -0.05) is 34.0 Å². The molecule has 2 aromatic carbocycles. The molecule has 4 rings (SSSR count). The first-order chi connectivity index (χ1) is 14.0. The number of oxime groups is 1. The fourth-order valence-electron chi connectivity index (χ4n) is 2.73. The van der Waals surface area contributed by atoms with Gasteiger partial charge in [-0.3, -0.25) is 4.79 Å². The van der Waals surface area contributed by atoms with Crippen LogP contribution in [-0.4, -0.2) is 27.9 Å². The molecule has 0 fully saturated rings. The van der Waals surface area contributed by atoms with Crippen molar-refractivity contribution < 1.29 is 22.9 Å². The standard InChI is InChI=1S/C19H13ClF2N4O3/c20-11-4-5-13(14(22)7-11)19-24-17(26-29-19)9-23-18(27)16-8-15(25-28-16)10-2-1-3-12(21)6-10/h1-7,16H,8-9H2,(H,23,27)/t16-/m1/s1. The zero-order valence-electron chi connectivity index (χ0n) is 14.7. The number of carbonyl (C=O) groups is 1. The van der Waals surface area contributed by atoms with Crippen LogP contribution in [0.1, 0.15) is 17.8 Å². The van der Waals surface area contributed by atoms with Crippen molar-refractivity contribution in [1.29, 1.82) is 0 Å². The highest BCUT2D eigenvalue weighted by molar-refractivity contribution is 6.30. The number of aromatic nitrogens is 2. The minimum Gasteiger partial charge on any atom is -0.382 e. The van der Waals surface area contributed by atoms with Crippen molar-refractivity contribution in [2.45, 2.75) is 19.1 Å². The lowest BCUT2D eigenvalue weighted by Gasteiger charge is -2.07. The summed E-state index contributed by atoms with van der Waals surface area (Å²) in [6, 6.07) is 9.93. The van der Waals surface area contributed by atoms with Crippen LogP contribution in [-0.2, 0) is 16.2 Å². The first kappa shape index (κ1) is 19.0. The quantitative estimate of drug-likeness (QED) is 0.685. The van der Waals surface area contributed by atoms with Gasteiger partial charge in [0.25, 0.3) is 11.8 Å². The molecule has 0 saturated heterocycles. The topological polar surface area (TPSA) is 89.6 Å². The maximum Gasteiger partial charge on any atom is 0.264 e. The molecule has 7 nitrogen and oxygen atoms in total. The lowest BCUT2D eigenvalue weighted by Crippen LogP contribution is -2.34. The number of hydrogen-bond acceptors (Lipinski definition) is 6. The second-order valence-corrected chi connectivity index (χ2v) is 6.64. The van der Waals surface area contributed by atoms with Crippen molar-refractivity contribution in [3.05, 3.63) is 70.5 Å². The Balaban J connectivity index is 1.34. The van der Waals surface area contributed by atoms with Crippen LogP contribution < -0.4 is 5.32 Å². The number of hydrogen-bond donors (Lipinski definition) is 1. The summed E-state index contributed by atoms with van der Waals surface area (Å²) < 4.78 is 32.3. The van der Waals surface area contributed by atoms with Crippen molar-refractivity contribution in [3.63, 3.8) is 0 Å². The number of amides is 1. The molecule has 0 saturated carbocycles. The van der Waals surface area contributed by atoms with Gasteiger partial charge in [0, 0.05) is 17.0 Å². The van der Waals surface area contributed by atoms with Crippen LogP contribution >= 0.6 is 11.6 Å². The molecule has 1 aliphatic heterocycles. The van der Waals surface area contributed by atoms with Crippen molar-refractivity contribution >= 4 is 23.2 Å². The Labute approximate surface area is 168 Å². The summed E-state index contributed by atoms with van der Waals surface area (Å²) in [5, 5.41) is 10.4. The van der Waals surface area contributed by atoms with Crippen LogP contribution in [0.4, 0.5) is 8.78 Å². The number of rotatable bonds is 5. The smallest absolute Gasteiger partial charge is 0.264 e. The van der Waals surface area contributed by atoms with Gasteiger partial charge in [-0.05, 0) is 30.3 Å². The summed E-state index contributed by atoms with van der Waals surface area (Å²) in [6.07, 6.45) is -0.656. The van der Waals surface area contributed by atoms with E-state index in [0.717, 1.165) is 6.07 Å². The normalized spacial score (nSPS) is 15.7. The van der Waals surface area contributed by atoms with Crippen LogP contribution in [0.25, 0.3) is 11.5 Å². The molecule has 0 aliphatic carbocycles. The fourth-order valence-corrected chi connectivity index (χ4v) is 2.89. The van der Waals surface area contributed by atoms with E-state index in [-0.39, 0.29) is 35.3 Å². The summed E-state index contributed by atoms with van der Waals surface area (Å²) in [7, 11) is 0. The Bertz CT molecular complexity index is 1100. The van der Waals surface area contributed by atoms with E-state index >= 15 is 0 Å². The highest BCUT2D eigenvalue weighted by atomic mass is 35.5. The average Bonchev–Trinajstić information content (AvgIpc) is 3.36. The van der Waals surface area contributed by atoms with Gasteiger partial charge in [0.05, 0.1) is 17.8 Å². The van der Waals surface area contributed by atoms with Crippen molar-refractivity contribution in [3.8, 4) is 11.5 Å². The molecule has 0 radical (unpaired) electrons. The van der Waals surface area contributed by atoms with E-state index in [2.05, 4.69) is 20.6 Å². The van der Waals surface area contributed by atoms with E-state index < -0.39 is 23.6 Å².